The Kier molecular flexibility index (Phi) is 2.43. The third-order valence-electron chi connectivity index (χ3n) is 3.41. The molecule has 0 spiro atoms. The Morgan fingerprint density at radius 2 is 2.33 bits per heavy atom. The molecular weight excluding hydrogens is 210 g/mol. The summed E-state index contributed by atoms with van der Waals surface area (Å²) in [6.07, 6.45) is 1.49. The summed E-state index contributed by atoms with van der Waals surface area (Å²) in [6, 6.07) is 6.17. The monoisotopic (exact) mass is 223 g/mol. The van der Waals surface area contributed by atoms with Crippen LogP contribution < -0.4 is 5.32 Å². The molecule has 0 radical (unpaired) electrons. The van der Waals surface area contributed by atoms with Gasteiger partial charge in [0.2, 0.25) is 0 Å². The van der Waals surface area contributed by atoms with E-state index in [0.717, 1.165) is 24.5 Å². The van der Waals surface area contributed by atoms with Crippen molar-refractivity contribution in [2.24, 2.45) is 0 Å². The normalized spacial score (nSPS) is 29.4. The highest BCUT2D eigenvalue weighted by atomic mass is 35.5. The summed E-state index contributed by atoms with van der Waals surface area (Å²) in [5, 5.41) is 4.27. The average Bonchev–Trinajstić information content (AvgIpc) is 2.29. The molecular formula is C12H14ClNO. The van der Waals surface area contributed by atoms with Crippen LogP contribution >= 0.6 is 11.6 Å². The zero-order chi connectivity index (χ0) is 10.3. The number of piperidine rings is 1. The summed E-state index contributed by atoms with van der Waals surface area (Å²) < 4.78 is 5.86. The molecule has 0 saturated carbocycles. The van der Waals surface area contributed by atoms with Gasteiger partial charge in [0.1, 0.15) is 0 Å². The van der Waals surface area contributed by atoms with Crippen LogP contribution in [-0.4, -0.2) is 19.2 Å². The molecule has 2 aliphatic rings. The van der Waals surface area contributed by atoms with Gasteiger partial charge in [-0.25, -0.2) is 0 Å². The molecule has 2 aliphatic heterocycles. The van der Waals surface area contributed by atoms with E-state index in [1.54, 1.807) is 0 Å². The highest BCUT2D eigenvalue weighted by Gasteiger charge is 2.32. The first-order valence-corrected chi connectivity index (χ1v) is 5.83. The maximum absolute atomic E-state index is 6.17. The van der Waals surface area contributed by atoms with E-state index in [0.29, 0.717) is 18.6 Å². The first-order valence-electron chi connectivity index (χ1n) is 5.46. The van der Waals surface area contributed by atoms with E-state index in [1.807, 2.05) is 12.1 Å². The largest absolute Gasteiger partial charge is 0.373 e. The standard InChI is InChI=1S/C12H14ClNO/c13-11-3-1-2-8-9-6-14-5-4-12(9)15-7-10(8)11/h1-3,9,12,14H,4-7H2/t9?,12-/m0/s1. The van der Waals surface area contributed by atoms with Gasteiger partial charge < -0.3 is 10.1 Å². The second kappa shape index (κ2) is 3.78. The van der Waals surface area contributed by atoms with Gasteiger partial charge in [0.15, 0.2) is 0 Å². The second-order valence-electron chi connectivity index (χ2n) is 4.26. The maximum Gasteiger partial charge on any atom is 0.0738 e. The third kappa shape index (κ3) is 1.57. The molecule has 1 N–H and O–H groups in total. The van der Waals surface area contributed by atoms with E-state index in [2.05, 4.69) is 11.4 Å². The summed E-state index contributed by atoms with van der Waals surface area (Å²) in [7, 11) is 0. The van der Waals surface area contributed by atoms with Gasteiger partial charge >= 0.3 is 0 Å². The molecule has 0 bridgehead atoms. The fraction of sp³-hybridized carbons (Fsp3) is 0.500. The van der Waals surface area contributed by atoms with Crippen molar-refractivity contribution in [3.05, 3.63) is 34.3 Å². The van der Waals surface area contributed by atoms with Gasteiger partial charge in [0.25, 0.3) is 0 Å². The van der Waals surface area contributed by atoms with Gasteiger partial charge in [-0.1, -0.05) is 23.7 Å². The van der Waals surface area contributed by atoms with E-state index in [-0.39, 0.29) is 0 Å². The van der Waals surface area contributed by atoms with Gasteiger partial charge in [-0.15, -0.1) is 0 Å². The molecule has 15 heavy (non-hydrogen) atoms. The number of hydrogen-bond acceptors (Lipinski definition) is 2. The first kappa shape index (κ1) is 9.64. The van der Waals surface area contributed by atoms with Crippen molar-refractivity contribution in [3.63, 3.8) is 0 Å². The molecule has 0 aromatic heterocycles. The Balaban J connectivity index is 2.03. The van der Waals surface area contributed by atoms with Gasteiger partial charge in [-0.2, -0.15) is 0 Å². The number of benzene rings is 1. The predicted molar refractivity (Wildman–Crippen MR) is 60.3 cm³/mol. The van der Waals surface area contributed by atoms with Crippen molar-refractivity contribution in [2.45, 2.75) is 25.0 Å². The van der Waals surface area contributed by atoms with Crippen LogP contribution in [0.3, 0.4) is 0 Å². The molecule has 1 unspecified atom stereocenters. The number of rotatable bonds is 0. The average molecular weight is 224 g/mol. The first-order chi connectivity index (χ1) is 7.36. The lowest BCUT2D eigenvalue weighted by molar-refractivity contribution is -0.00674. The van der Waals surface area contributed by atoms with Crippen molar-refractivity contribution >= 4 is 11.6 Å². The number of ether oxygens (including phenoxy) is 1. The summed E-state index contributed by atoms with van der Waals surface area (Å²) in [4.78, 5) is 0. The fourth-order valence-electron chi connectivity index (χ4n) is 2.61. The molecule has 80 valence electrons. The minimum Gasteiger partial charge on any atom is -0.373 e. The molecule has 1 aromatic rings. The number of halogens is 1. The highest BCUT2D eigenvalue weighted by Crippen LogP contribution is 2.37. The Labute approximate surface area is 94.6 Å². The minimum atomic E-state index is 0.386. The van der Waals surface area contributed by atoms with Crippen LogP contribution in [0.2, 0.25) is 5.02 Å². The summed E-state index contributed by atoms with van der Waals surface area (Å²) in [5.41, 5.74) is 2.56. The van der Waals surface area contributed by atoms with Crippen molar-refractivity contribution < 1.29 is 4.74 Å². The van der Waals surface area contributed by atoms with E-state index in [4.69, 9.17) is 16.3 Å². The molecule has 2 atom stereocenters. The minimum absolute atomic E-state index is 0.386. The Morgan fingerprint density at radius 1 is 1.40 bits per heavy atom. The van der Waals surface area contributed by atoms with E-state index in [9.17, 15) is 0 Å². The van der Waals surface area contributed by atoms with E-state index < -0.39 is 0 Å². The van der Waals surface area contributed by atoms with E-state index >= 15 is 0 Å². The van der Waals surface area contributed by atoms with Crippen LogP contribution in [0.5, 0.6) is 0 Å². The SMILES string of the molecule is Clc1cccc2c1CO[C@H]1CCNCC21. The van der Waals surface area contributed by atoms with Crippen molar-refractivity contribution in [3.8, 4) is 0 Å². The number of hydrogen-bond donors (Lipinski definition) is 1. The number of nitrogens with one attached hydrogen (secondary N) is 1. The molecule has 1 fully saturated rings. The zero-order valence-electron chi connectivity index (χ0n) is 8.50. The summed E-state index contributed by atoms with van der Waals surface area (Å²) in [6.45, 7) is 2.76. The van der Waals surface area contributed by atoms with Crippen LogP contribution in [0.4, 0.5) is 0 Å². The zero-order valence-corrected chi connectivity index (χ0v) is 9.26. The smallest absolute Gasteiger partial charge is 0.0738 e. The molecule has 2 nitrogen and oxygen atoms in total. The fourth-order valence-corrected chi connectivity index (χ4v) is 2.85. The molecule has 2 heterocycles. The van der Waals surface area contributed by atoms with E-state index in [1.165, 1.54) is 11.1 Å². The Morgan fingerprint density at radius 3 is 3.27 bits per heavy atom. The quantitative estimate of drug-likeness (QED) is 0.729. The van der Waals surface area contributed by atoms with Crippen molar-refractivity contribution in [2.75, 3.05) is 13.1 Å². The van der Waals surface area contributed by atoms with Crippen LogP contribution in [0.15, 0.2) is 18.2 Å². The van der Waals surface area contributed by atoms with Crippen molar-refractivity contribution in [1.82, 2.24) is 5.32 Å². The third-order valence-corrected chi connectivity index (χ3v) is 3.77. The molecule has 1 aromatic carbocycles. The van der Waals surface area contributed by atoms with Crippen LogP contribution in [0, 0.1) is 0 Å². The Bertz CT molecular complexity index is 380. The molecule has 3 rings (SSSR count). The maximum atomic E-state index is 6.17. The molecule has 1 saturated heterocycles. The number of fused-ring (bicyclic) bond motifs is 3. The molecule has 3 heteroatoms. The molecule has 0 aliphatic carbocycles. The van der Waals surface area contributed by atoms with Gasteiger partial charge in [0.05, 0.1) is 12.7 Å². The van der Waals surface area contributed by atoms with Gasteiger partial charge in [0, 0.05) is 17.5 Å². The lowest BCUT2D eigenvalue weighted by atomic mass is 9.84. The second-order valence-corrected chi connectivity index (χ2v) is 4.66. The topological polar surface area (TPSA) is 21.3 Å². The summed E-state index contributed by atoms with van der Waals surface area (Å²) >= 11 is 6.17. The van der Waals surface area contributed by atoms with Crippen molar-refractivity contribution in [1.29, 1.82) is 0 Å². The van der Waals surface area contributed by atoms with Crippen LogP contribution in [0.1, 0.15) is 23.5 Å². The lowest BCUT2D eigenvalue weighted by Crippen LogP contribution is -2.42. The van der Waals surface area contributed by atoms with Gasteiger partial charge in [-0.05, 0) is 30.2 Å². The highest BCUT2D eigenvalue weighted by molar-refractivity contribution is 6.31. The van der Waals surface area contributed by atoms with Crippen LogP contribution in [0.25, 0.3) is 0 Å². The summed E-state index contributed by atoms with van der Waals surface area (Å²) in [5.74, 6) is 0.487. The Hall–Kier alpha value is -0.570. The van der Waals surface area contributed by atoms with Crippen LogP contribution in [-0.2, 0) is 11.3 Å². The molecule has 0 amide bonds. The predicted octanol–water partition coefficient (Wildman–Crippen LogP) is 2.32. The van der Waals surface area contributed by atoms with Gasteiger partial charge in [-0.3, -0.25) is 0 Å². The lowest BCUT2D eigenvalue weighted by Gasteiger charge is -2.37.